The molecule has 0 N–H and O–H groups in total. The van der Waals surface area contributed by atoms with Gasteiger partial charge in [-0.05, 0) is 25.1 Å². The Morgan fingerprint density at radius 3 is 2.61 bits per heavy atom. The number of carbonyl (C=O) groups is 1. The first-order chi connectivity index (χ1) is 8.34. The van der Waals surface area contributed by atoms with E-state index in [1.165, 1.54) is 0 Å². The minimum atomic E-state index is -4.00. The topological polar surface area (TPSA) is 69.7 Å². The van der Waals surface area contributed by atoms with Crippen molar-refractivity contribution in [2.45, 2.75) is 11.8 Å². The van der Waals surface area contributed by atoms with Crippen LogP contribution in [0, 0.1) is 5.82 Å². The highest BCUT2D eigenvalue weighted by molar-refractivity contribution is 8.13. The van der Waals surface area contributed by atoms with Gasteiger partial charge in [0.15, 0.2) is 18.2 Å². The Bertz CT molecular complexity index is 543. The summed E-state index contributed by atoms with van der Waals surface area (Å²) in [5.74, 6) is -1.83. The van der Waals surface area contributed by atoms with Crippen LogP contribution in [0.25, 0.3) is 0 Å². The Labute approximate surface area is 108 Å². The van der Waals surface area contributed by atoms with Crippen molar-refractivity contribution in [2.24, 2.45) is 0 Å². The highest BCUT2D eigenvalue weighted by Gasteiger charge is 2.14. The molecule has 18 heavy (non-hydrogen) atoms. The zero-order chi connectivity index (χ0) is 13.8. The zero-order valence-electron chi connectivity index (χ0n) is 9.35. The predicted molar refractivity (Wildman–Crippen MR) is 61.6 cm³/mol. The monoisotopic (exact) mass is 296 g/mol. The fourth-order valence-electron chi connectivity index (χ4n) is 1.09. The van der Waals surface area contributed by atoms with Gasteiger partial charge in [0.2, 0.25) is 0 Å². The van der Waals surface area contributed by atoms with E-state index in [0.717, 1.165) is 12.1 Å². The van der Waals surface area contributed by atoms with E-state index in [4.69, 9.17) is 15.4 Å². The molecular weight excluding hydrogens is 287 g/mol. The summed E-state index contributed by atoms with van der Waals surface area (Å²) in [5.41, 5.74) is 0. The van der Waals surface area contributed by atoms with E-state index >= 15 is 0 Å². The van der Waals surface area contributed by atoms with E-state index in [9.17, 15) is 17.6 Å². The highest BCUT2D eigenvalue weighted by Crippen LogP contribution is 2.23. The third kappa shape index (κ3) is 4.15. The molecule has 0 radical (unpaired) electrons. The van der Waals surface area contributed by atoms with E-state index in [2.05, 4.69) is 4.74 Å². The van der Waals surface area contributed by atoms with E-state index in [1.807, 2.05) is 0 Å². The highest BCUT2D eigenvalue weighted by atomic mass is 35.7. The summed E-state index contributed by atoms with van der Waals surface area (Å²) in [5, 5.41) is 0. The third-order valence-electron chi connectivity index (χ3n) is 1.84. The van der Waals surface area contributed by atoms with Gasteiger partial charge in [-0.15, -0.1) is 0 Å². The van der Waals surface area contributed by atoms with Gasteiger partial charge < -0.3 is 9.47 Å². The molecule has 0 aliphatic heterocycles. The summed E-state index contributed by atoms with van der Waals surface area (Å²) in [7, 11) is 1.05. The van der Waals surface area contributed by atoms with Crippen LogP contribution < -0.4 is 4.74 Å². The Hall–Kier alpha value is -1.34. The lowest BCUT2D eigenvalue weighted by Crippen LogP contribution is -2.15. The SMILES string of the molecule is CCOC(=O)COc1ccc(S(=O)(=O)Cl)cc1F. The number of rotatable bonds is 5. The van der Waals surface area contributed by atoms with Gasteiger partial charge in [-0.25, -0.2) is 17.6 Å². The van der Waals surface area contributed by atoms with Crippen LogP contribution >= 0.6 is 10.7 Å². The fraction of sp³-hybridized carbons (Fsp3) is 0.300. The van der Waals surface area contributed by atoms with Crippen LogP contribution in [0.2, 0.25) is 0 Å². The molecule has 0 atom stereocenters. The fourth-order valence-corrected chi connectivity index (χ4v) is 1.85. The summed E-state index contributed by atoms with van der Waals surface area (Å²) in [6, 6.07) is 2.86. The van der Waals surface area contributed by atoms with E-state index in [0.29, 0.717) is 6.07 Å². The van der Waals surface area contributed by atoms with Crippen LogP contribution in [0.3, 0.4) is 0 Å². The van der Waals surface area contributed by atoms with Crippen molar-refractivity contribution in [1.29, 1.82) is 0 Å². The lowest BCUT2D eigenvalue weighted by molar-refractivity contribution is -0.145. The predicted octanol–water partition coefficient (Wildman–Crippen LogP) is 1.70. The van der Waals surface area contributed by atoms with E-state index < -0.39 is 27.4 Å². The molecule has 0 unspecified atom stereocenters. The van der Waals surface area contributed by atoms with Gasteiger partial charge in [0, 0.05) is 10.7 Å². The maximum Gasteiger partial charge on any atom is 0.344 e. The lowest BCUT2D eigenvalue weighted by atomic mass is 10.3. The minimum absolute atomic E-state index is 0.189. The first kappa shape index (κ1) is 14.7. The molecule has 0 aliphatic carbocycles. The zero-order valence-corrected chi connectivity index (χ0v) is 10.9. The standard InChI is InChI=1S/C10H10ClFO5S/c1-2-16-10(13)6-17-9-4-3-7(5-8(9)12)18(11,14)15/h3-5H,2,6H2,1H3. The van der Waals surface area contributed by atoms with Gasteiger partial charge in [-0.2, -0.15) is 0 Å². The molecule has 0 aliphatic rings. The van der Waals surface area contributed by atoms with Gasteiger partial charge in [0.25, 0.3) is 9.05 Å². The quantitative estimate of drug-likeness (QED) is 0.611. The molecule has 0 fully saturated rings. The smallest absolute Gasteiger partial charge is 0.344 e. The molecule has 0 bridgehead atoms. The molecule has 8 heteroatoms. The molecule has 1 aromatic carbocycles. The van der Waals surface area contributed by atoms with Crippen molar-refractivity contribution in [3.8, 4) is 5.75 Å². The maximum atomic E-state index is 13.4. The van der Waals surface area contributed by atoms with Crippen LogP contribution in [0.15, 0.2) is 23.1 Å². The number of halogens is 2. The van der Waals surface area contributed by atoms with Crippen LogP contribution in [-0.2, 0) is 18.6 Å². The number of ether oxygens (including phenoxy) is 2. The largest absolute Gasteiger partial charge is 0.479 e. The van der Waals surface area contributed by atoms with Crippen molar-refractivity contribution in [1.82, 2.24) is 0 Å². The maximum absolute atomic E-state index is 13.4. The molecule has 0 amide bonds. The summed E-state index contributed by atoms with van der Waals surface area (Å²) < 4.78 is 44.7. The second-order valence-electron chi connectivity index (χ2n) is 3.12. The Morgan fingerprint density at radius 2 is 2.11 bits per heavy atom. The number of esters is 1. The molecular formula is C10H10ClFO5S. The molecule has 0 aromatic heterocycles. The van der Waals surface area contributed by atoms with Crippen LogP contribution in [0.1, 0.15) is 6.92 Å². The first-order valence-electron chi connectivity index (χ1n) is 4.87. The summed E-state index contributed by atoms with van der Waals surface area (Å²) in [6.45, 7) is 1.35. The normalized spacial score (nSPS) is 11.1. The molecule has 0 spiro atoms. The summed E-state index contributed by atoms with van der Waals surface area (Å²) in [6.07, 6.45) is 0. The van der Waals surface area contributed by atoms with Gasteiger partial charge in [-0.1, -0.05) is 0 Å². The molecule has 0 heterocycles. The molecule has 0 saturated heterocycles. The van der Waals surface area contributed by atoms with Crippen molar-refractivity contribution < 1.29 is 27.1 Å². The second kappa shape index (κ2) is 6.01. The second-order valence-corrected chi connectivity index (χ2v) is 5.69. The van der Waals surface area contributed by atoms with Crippen molar-refractivity contribution in [3.63, 3.8) is 0 Å². The average molecular weight is 297 g/mol. The average Bonchev–Trinajstić information content (AvgIpc) is 2.26. The van der Waals surface area contributed by atoms with E-state index in [1.54, 1.807) is 6.92 Å². The van der Waals surface area contributed by atoms with Crippen molar-refractivity contribution in [2.75, 3.05) is 13.2 Å². The Morgan fingerprint density at radius 1 is 1.44 bits per heavy atom. The van der Waals surface area contributed by atoms with Crippen LogP contribution in [0.5, 0.6) is 5.75 Å². The molecule has 0 saturated carbocycles. The van der Waals surface area contributed by atoms with Gasteiger partial charge in [0.05, 0.1) is 11.5 Å². The van der Waals surface area contributed by atoms with Gasteiger partial charge in [0.1, 0.15) is 0 Å². The lowest BCUT2D eigenvalue weighted by Gasteiger charge is -2.07. The minimum Gasteiger partial charge on any atom is -0.479 e. The molecule has 1 aromatic rings. The van der Waals surface area contributed by atoms with Crippen LogP contribution in [-0.4, -0.2) is 27.6 Å². The van der Waals surface area contributed by atoms with Crippen molar-refractivity contribution in [3.05, 3.63) is 24.0 Å². The van der Waals surface area contributed by atoms with Gasteiger partial charge >= 0.3 is 5.97 Å². The number of carbonyl (C=O) groups excluding carboxylic acids is 1. The van der Waals surface area contributed by atoms with E-state index in [-0.39, 0.29) is 17.3 Å². The summed E-state index contributed by atoms with van der Waals surface area (Å²) >= 11 is 0. The molecule has 100 valence electrons. The Balaban J connectivity index is 2.78. The number of benzene rings is 1. The molecule has 1 rings (SSSR count). The third-order valence-corrected chi connectivity index (χ3v) is 3.19. The number of hydrogen-bond donors (Lipinski definition) is 0. The summed E-state index contributed by atoms with van der Waals surface area (Å²) in [4.78, 5) is 10.6. The Kier molecular flexibility index (Phi) is 4.92. The van der Waals surface area contributed by atoms with Gasteiger partial charge in [-0.3, -0.25) is 0 Å². The molecule has 5 nitrogen and oxygen atoms in total. The van der Waals surface area contributed by atoms with Crippen LogP contribution in [0.4, 0.5) is 4.39 Å². The van der Waals surface area contributed by atoms with Crippen molar-refractivity contribution >= 4 is 25.7 Å². The first-order valence-corrected chi connectivity index (χ1v) is 7.18. The number of hydrogen-bond acceptors (Lipinski definition) is 5.